The highest BCUT2D eigenvalue weighted by atomic mass is 35.5. The minimum absolute atomic E-state index is 0.0905. The Labute approximate surface area is 102 Å². The standard InChI is InChI=1S/C10H9ClN2O4/c11-9-2-1-6(13(16)17)3-8(9)10(15)12-4-7(14)5-12/h1-3,7,14H,4-5H2. The molecule has 1 aromatic carbocycles. The molecule has 1 amide bonds. The Hall–Kier alpha value is -1.66. The lowest BCUT2D eigenvalue weighted by Gasteiger charge is -2.35. The van der Waals surface area contributed by atoms with Gasteiger partial charge in [0.25, 0.3) is 11.6 Å². The van der Waals surface area contributed by atoms with Gasteiger partial charge in [-0.25, -0.2) is 0 Å². The number of β-amino-alcohol motifs (C(OH)–C–C–N with tert-alkyl or cyclic N) is 1. The van der Waals surface area contributed by atoms with Gasteiger partial charge in [0.2, 0.25) is 0 Å². The van der Waals surface area contributed by atoms with Gasteiger partial charge >= 0.3 is 0 Å². The maximum absolute atomic E-state index is 11.9. The summed E-state index contributed by atoms with van der Waals surface area (Å²) in [5.41, 5.74) is -0.0911. The molecule has 0 aliphatic carbocycles. The van der Waals surface area contributed by atoms with Gasteiger partial charge < -0.3 is 10.0 Å². The van der Waals surface area contributed by atoms with Crippen LogP contribution in [-0.4, -0.2) is 40.0 Å². The van der Waals surface area contributed by atoms with E-state index in [0.717, 1.165) is 6.07 Å². The summed E-state index contributed by atoms with van der Waals surface area (Å²) in [6, 6.07) is 3.71. The van der Waals surface area contributed by atoms with Gasteiger partial charge in [-0.05, 0) is 6.07 Å². The third-order valence-corrected chi connectivity index (χ3v) is 2.87. The molecule has 0 spiro atoms. The number of nitro benzene ring substituents is 1. The first-order valence-electron chi connectivity index (χ1n) is 4.90. The fourth-order valence-electron chi connectivity index (χ4n) is 1.58. The third-order valence-electron chi connectivity index (χ3n) is 2.54. The van der Waals surface area contributed by atoms with Gasteiger partial charge in [-0.1, -0.05) is 11.6 Å². The lowest BCUT2D eigenvalue weighted by atomic mass is 10.1. The van der Waals surface area contributed by atoms with E-state index in [2.05, 4.69) is 0 Å². The van der Waals surface area contributed by atoms with Crippen molar-refractivity contribution >= 4 is 23.2 Å². The summed E-state index contributed by atoms with van der Waals surface area (Å²) in [4.78, 5) is 23.3. The Kier molecular flexibility index (Phi) is 2.99. The Morgan fingerprint density at radius 2 is 2.18 bits per heavy atom. The van der Waals surface area contributed by atoms with Crippen LogP contribution in [0.25, 0.3) is 0 Å². The molecular weight excluding hydrogens is 248 g/mol. The summed E-state index contributed by atoms with van der Waals surface area (Å²) in [6.45, 7) is 0.468. The average Bonchev–Trinajstić information content (AvgIpc) is 2.24. The fraction of sp³-hybridized carbons (Fsp3) is 0.300. The van der Waals surface area contributed by atoms with E-state index in [1.807, 2.05) is 0 Å². The van der Waals surface area contributed by atoms with Gasteiger partial charge in [0, 0.05) is 25.2 Å². The quantitative estimate of drug-likeness (QED) is 0.634. The van der Waals surface area contributed by atoms with Crippen molar-refractivity contribution in [1.82, 2.24) is 4.90 Å². The van der Waals surface area contributed by atoms with Crippen LogP contribution in [0.15, 0.2) is 18.2 Å². The Morgan fingerprint density at radius 3 is 2.71 bits per heavy atom. The highest BCUT2D eigenvalue weighted by Gasteiger charge is 2.31. The van der Waals surface area contributed by atoms with Gasteiger partial charge in [-0.15, -0.1) is 0 Å². The number of hydrogen-bond acceptors (Lipinski definition) is 4. The topological polar surface area (TPSA) is 83.7 Å². The van der Waals surface area contributed by atoms with Gasteiger partial charge in [0.15, 0.2) is 0 Å². The summed E-state index contributed by atoms with van der Waals surface area (Å²) in [7, 11) is 0. The molecule has 0 saturated carbocycles. The molecule has 1 heterocycles. The van der Waals surface area contributed by atoms with Crippen LogP contribution < -0.4 is 0 Å². The zero-order chi connectivity index (χ0) is 12.6. The SMILES string of the molecule is O=C(c1cc([N+](=O)[O-])ccc1Cl)N1CC(O)C1. The third kappa shape index (κ3) is 2.22. The molecule has 1 saturated heterocycles. The highest BCUT2D eigenvalue weighted by Crippen LogP contribution is 2.24. The minimum atomic E-state index is -0.585. The molecule has 90 valence electrons. The van der Waals surface area contributed by atoms with Crippen molar-refractivity contribution in [3.63, 3.8) is 0 Å². The summed E-state index contributed by atoms with van der Waals surface area (Å²) < 4.78 is 0. The van der Waals surface area contributed by atoms with E-state index < -0.39 is 16.9 Å². The molecule has 6 nitrogen and oxygen atoms in total. The van der Waals surface area contributed by atoms with E-state index in [4.69, 9.17) is 16.7 Å². The number of likely N-dealkylation sites (tertiary alicyclic amines) is 1. The first-order chi connectivity index (χ1) is 7.99. The lowest BCUT2D eigenvalue weighted by Crippen LogP contribution is -2.53. The van der Waals surface area contributed by atoms with E-state index in [-0.39, 0.29) is 29.4 Å². The van der Waals surface area contributed by atoms with E-state index >= 15 is 0 Å². The number of rotatable bonds is 2. The van der Waals surface area contributed by atoms with Gasteiger partial charge in [-0.3, -0.25) is 14.9 Å². The minimum Gasteiger partial charge on any atom is -0.389 e. The average molecular weight is 257 g/mol. The number of nitro groups is 1. The zero-order valence-electron chi connectivity index (χ0n) is 8.67. The second kappa shape index (κ2) is 4.31. The van der Waals surface area contributed by atoms with E-state index in [0.29, 0.717) is 0 Å². The number of hydrogen-bond donors (Lipinski definition) is 1. The van der Waals surface area contributed by atoms with Gasteiger partial charge in [0.1, 0.15) is 0 Å². The van der Waals surface area contributed by atoms with Crippen molar-refractivity contribution in [2.75, 3.05) is 13.1 Å². The lowest BCUT2D eigenvalue weighted by molar-refractivity contribution is -0.384. The van der Waals surface area contributed by atoms with Crippen molar-refractivity contribution < 1.29 is 14.8 Å². The van der Waals surface area contributed by atoms with Crippen molar-refractivity contribution in [1.29, 1.82) is 0 Å². The van der Waals surface area contributed by atoms with Crippen LogP contribution in [0, 0.1) is 10.1 Å². The fourth-order valence-corrected chi connectivity index (χ4v) is 1.78. The first-order valence-corrected chi connectivity index (χ1v) is 5.28. The molecule has 7 heteroatoms. The smallest absolute Gasteiger partial charge is 0.270 e. The van der Waals surface area contributed by atoms with Crippen molar-refractivity contribution in [2.45, 2.75) is 6.10 Å². The normalized spacial score (nSPS) is 15.5. The first kappa shape index (κ1) is 11.8. The molecule has 1 aromatic rings. The van der Waals surface area contributed by atoms with E-state index in [1.54, 1.807) is 0 Å². The summed E-state index contributed by atoms with van der Waals surface area (Å²) in [5.74, 6) is -0.399. The molecule has 0 unspecified atom stereocenters. The predicted octanol–water partition coefficient (Wildman–Crippen LogP) is 1.06. The molecule has 0 aromatic heterocycles. The molecule has 17 heavy (non-hydrogen) atoms. The molecule has 0 radical (unpaired) electrons. The largest absolute Gasteiger partial charge is 0.389 e. The van der Waals surface area contributed by atoms with Crippen LogP contribution in [0.1, 0.15) is 10.4 Å². The molecule has 2 rings (SSSR count). The number of non-ortho nitro benzene ring substituents is 1. The van der Waals surface area contributed by atoms with Crippen LogP contribution in [0.4, 0.5) is 5.69 Å². The zero-order valence-corrected chi connectivity index (χ0v) is 9.42. The molecule has 0 atom stereocenters. The molecule has 1 N–H and O–H groups in total. The highest BCUT2D eigenvalue weighted by molar-refractivity contribution is 6.34. The molecule has 0 bridgehead atoms. The molecule has 1 aliphatic heterocycles. The van der Waals surface area contributed by atoms with Crippen LogP contribution in [0.5, 0.6) is 0 Å². The predicted molar refractivity (Wildman–Crippen MR) is 60.0 cm³/mol. The summed E-state index contributed by atoms with van der Waals surface area (Å²) >= 11 is 5.82. The molecule has 1 aliphatic rings. The second-order valence-corrected chi connectivity index (χ2v) is 4.19. The monoisotopic (exact) mass is 256 g/mol. The number of benzene rings is 1. The van der Waals surface area contributed by atoms with Crippen LogP contribution in [0.2, 0.25) is 5.02 Å². The van der Waals surface area contributed by atoms with Gasteiger partial charge in [0.05, 0.1) is 21.6 Å². The summed E-state index contributed by atoms with van der Waals surface area (Å²) in [6.07, 6.45) is -0.517. The Bertz CT molecular complexity index is 485. The van der Waals surface area contributed by atoms with Crippen molar-refractivity contribution in [3.05, 3.63) is 38.9 Å². The van der Waals surface area contributed by atoms with Crippen LogP contribution in [-0.2, 0) is 0 Å². The Balaban J connectivity index is 2.27. The summed E-state index contributed by atoms with van der Waals surface area (Å²) in [5, 5.41) is 19.8. The number of carbonyl (C=O) groups excluding carboxylic acids is 1. The Morgan fingerprint density at radius 1 is 1.53 bits per heavy atom. The second-order valence-electron chi connectivity index (χ2n) is 3.79. The number of halogens is 1. The number of aliphatic hydroxyl groups is 1. The van der Waals surface area contributed by atoms with Crippen LogP contribution >= 0.6 is 11.6 Å². The van der Waals surface area contributed by atoms with Crippen LogP contribution in [0.3, 0.4) is 0 Å². The number of aliphatic hydroxyl groups excluding tert-OH is 1. The number of carbonyl (C=O) groups is 1. The van der Waals surface area contributed by atoms with E-state index in [1.165, 1.54) is 17.0 Å². The maximum atomic E-state index is 11.9. The van der Waals surface area contributed by atoms with Gasteiger partial charge in [-0.2, -0.15) is 0 Å². The molecular formula is C10H9ClN2O4. The van der Waals surface area contributed by atoms with E-state index in [9.17, 15) is 14.9 Å². The number of amides is 1. The van der Waals surface area contributed by atoms with Crippen molar-refractivity contribution in [3.8, 4) is 0 Å². The maximum Gasteiger partial charge on any atom is 0.270 e. The van der Waals surface area contributed by atoms with Crippen molar-refractivity contribution in [2.24, 2.45) is 0 Å². The number of nitrogens with zero attached hydrogens (tertiary/aromatic N) is 2. The molecule has 1 fully saturated rings.